The second-order valence-electron chi connectivity index (χ2n) is 9.68. The molecule has 122 valence electrons. The molecular weight excluding hydrogens is 260 g/mol. The largest absolute Gasteiger partial charge is 0.513 e. The van der Waals surface area contributed by atoms with Crippen LogP contribution in [0.3, 0.4) is 0 Å². The Bertz CT molecular complexity index is 399. The molecule has 2 bridgehead atoms. The van der Waals surface area contributed by atoms with Crippen LogP contribution in [-0.4, -0.2) is 16.3 Å². The normalized spacial score (nSPS) is 37.8. The van der Waals surface area contributed by atoms with E-state index in [0.717, 1.165) is 18.3 Å². The highest BCUT2D eigenvalue weighted by molar-refractivity contribution is 5.08. The molecule has 0 aromatic heterocycles. The Hall–Kier alpha value is -0.500. The van der Waals surface area contributed by atoms with Crippen molar-refractivity contribution in [1.82, 2.24) is 0 Å². The quantitative estimate of drug-likeness (QED) is 0.735. The van der Waals surface area contributed by atoms with Crippen molar-refractivity contribution in [3.05, 3.63) is 12.3 Å². The van der Waals surface area contributed by atoms with Gasteiger partial charge in [0.25, 0.3) is 0 Å². The molecule has 2 fully saturated rings. The van der Waals surface area contributed by atoms with Gasteiger partial charge >= 0.3 is 0 Å². The summed E-state index contributed by atoms with van der Waals surface area (Å²) in [7, 11) is 0. The molecule has 2 heteroatoms. The van der Waals surface area contributed by atoms with Gasteiger partial charge in [-0.05, 0) is 53.3 Å². The van der Waals surface area contributed by atoms with Crippen LogP contribution < -0.4 is 0 Å². The number of hydrogen-bond donors (Lipinski definition) is 2. The van der Waals surface area contributed by atoms with Crippen LogP contribution in [0.4, 0.5) is 0 Å². The van der Waals surface area contributed by atoms with E-state index in [1.165, 1.54) is 6.42 Å². The van der Waals surface area contributed by atoms with E-state index in [0.29, 0.717) is 29.6 Å². The Morgan fingerprint density at radius 3 is 2.00 bits per heavy atom. The van der Waals surface area contributed by atoms with Crippen molar-refractivity contribution < 1.29 is 10.2 Å². The molecule has 2 aliphatic rings. The van der Waals surface area contributed by atoms with E-state index < -0.39 is 6.10 Å². The zero-order valence-electron chi connectivity index (χ0n) is 14.7. The van der Waals surface area contributed by atoms with Gasteiger partial charge in [-0.3, -0.25) is 0 Å². The van der Waals surface area contributed by atoms with Crippen LogP contribution in [0.15, 0.2) is 12.3 Å². The summed E-state index contributed by atoms with van der Waals surface area (Å²) in [4.78, 5) is 0. The van der Waals surface area contributed by atoms with E-state index in [9.17, 15) is 10.2 Å². The zero-order chi connectivity index (χ0) is 16.2. The summed E-state index contributed by atoms with van der Waals surface area (Å²) in [5.41, 5.74) is 0.597. The van der Waals surface area contributed by atoms with E-state index >= 15 is 0 Å². The zero-order valence-corrected chi connectivity index (χ0v) is 14.7. The average Bonchev–Trinajstić information content (AvgIpc) is 2.81. The van der Waals surface area contributed by atoms with Crippen LogP contribution in [0.1, 0.15) is 60.8 Å². The molecule has 0 saturated heterocycles. The van der Waals surface area contributed by atoms with Crippen molar-refractivity contribution >= 4 is 0 Å². The minimum atomic E-state index is -0.428. The van der Waals surface area contributed by atoms with Crippen molar-refractivity contribution in [3.63, 3.8) is 0 Å². The first-order valence-corrected chi connectivity index (χ1v) is 8.47. The number of rotatable bonds is 3. The van der Waals surface area contributed by atoms with Gasteiger partial charge < -0.3 is 10.2 Å². The fourth-order valence-corrected chi connectivity index (χ4v) is 5.67. The molecule has 2 rings (SSSR count). The minimum absolute atomic E-state index is 0.116. The predicted octanol–water partition coefficient (Wildman–Crippen LogP) is 4.79. The van der Waals surface area contributed by atoms with Gasteiger partial charge in [0, 0.05) is 6.42 Å². The molecule has 2 N–H and O–H groups in total. The summed E-state index contributed by atoms with van der Waals surface area (Å²) < 4.78 is 0. The van der Waals surface area contributed by atoms with Crippen molar-refractivity contribution in [2.24, 2.45) is 40.4 Å². The molecule has 0 amide bonds. The monoisotopic (exact) mass is 294 g/mol. The van der Waals surface area contributed by atoms with E-state index in [1.54, 1.807) is 0 Å². The first-order valence-electron chi connectivity index (χ1n) is 8.47. The van der Waals surface area contributed by atoms with Crippen molar-refractivity contribution in [2.75, 3.05) is 0 Å². The Kier molecular flexibility index (Phi) is 4.25. The lowest BCUT2D eigenvalue weighted by molar-refractivity contribution is -0.0368. The second-order valence-corrected chi connectivity index (χ2v) is 9.68. The Labute approximate surface area is 130 Å². The van der Waals surface area contributed by atoms with E-state index in [4.69, 9.17) is 0 Å². The van der Waals surface area contributed by atoms with Crippen LogP contribution in [0.25, 0.3) is 0 Å². The standard InChI is InChI=1S/C19H34O2/c1-11(20)8-15(21)13-9-12-10-14(13)17(19(5,6)7)16(12)18(2,3)4/h12-17,20-21H,1,8-10H2,2-7H3. The highest BCUT2D eigenvalue weighted by Gasteiger charge is 2.59. The molecule has 0 radical (unpaired) electrons. The maximum atomic E-state index is 10.5. The van der Waals surface area contributed by atoms with Crippen molar-refractivity contribution in [1.29, 1.82) is 0 Å². The van der Waals surface area contributed by atoms with Gasteiger partial charge in [0.15, 0.2) is 0 Å². The molecule has 2 saturated carbocycles. The fraction of sp³-hybridized carbons (Fsp3) is 0.895. The predicted molar refractivity (Wildman–Crippen MR) is 88.0 cm³/mol. The minimum Gasteiger partial charge on any atom is -0.513 e. The van der Waals surface area contributed by atoms with Gasteiger partial charge in [0.1, 0.15) is 0 Å². The topological polar surface area (TPSA) is 40.5 Å². The third-order valence-corrected chi connectivity index (χ3v) is 5.99. The summed E-state index contributed by atoms with van der Waals surface area (Å²) in [6.07, 6.45) is 2.28. The van der Waals surface area contributed by atoms with Crippen LogP contribution in [0.2, 0.25) is 0 Å². The summed E-state index contributed by atoms with van der Waals surface area (Å²) in [6.45, 7) is 17.7. The molecule has 0 aliphatic heterocycles. The lowest BCUT2D eigenvalue weighted by atomic mass is 9.56. The number of fused-ring (bicyclic) bond motifs is 2. The maximum Gasteiger partial charge on any atom is 0.0877 e. The summed E-state index contributed by atoms with van der Waals surface area (Å²) >= 11 is 0. The molecule has 2 aliphatic carbocycles. The lowest BCUT2D eigenvalue weighted by Crippen LogP contribution is -2.45. The number of aliphatic hydroxyl groups excluding tert-OH is 2. The van der Waals surface area contributed by atoms with Gasteiger partial charge in [-0.25, -0.2) is 0 Å². The van der Waals surface area contributed by atoms with E-state index in [2.05, 4.69) is 48.1 Å². The summed E-state index contributed by atoms with van der Waals surface area (Å²) in [5, 5.41) is 19.9. The molecule has 0 heterocycles. The van der Waals surface area contributed by atoms with Gasteiger partial charge in [-0.2, -0.15) is 0 Å². The van der Waals surface area contributed by atoms with Crippen molar-refractivity contribution in [3.8, 4) is 0 Å². The smallest absolute Gasteiger partial charge is 0.0877 e. The Balaban J connectivity index is 2.25. The number of aliphatic hydroxyl groups is 2. The molecule has 2 nitrogen and oxygen atoms in total. The fourth-order valence-electron chi connectivity index (χ4n) is 5.67. The van der Waals surface area contributed by atoms with E-state index in [1.807, 2.05) is 0 Å². The highest BCUT2D eigenvalue weighted by Crippen LogP contribution is 2.65. The Morgan fingerprint density at radius 1 is 1.05 bits per heavy atom. The van der Waals surface area contributed by atoms with Gasteiger partial charge in [-0.15, -0.1) is 0 Å². The third kappa shape index (κ3) is 3.16. The maximum absolute atomic E-state index is 10.5. The molecule has 6 atom stereocenters. The first kappa shape index (κ1) is 16.9. The summed E-state index contributed by atoms with van der Waals surface area (Å²) in [5.74, 6) is 3.16. The highest BCUT2D eigenvalue weighted by atomic mass is 16.3. The van der Waals surface area contributed by atoms with Gasteiger partial charge in [-0.1, -0.05) is 48.1 Å². The van der Waals surface area contributed by atoms with Gasteiger partial charge in [0.05, 0.1) is 11.9 Å². The third-order valence-electron chi connectivity index (χ3n) is 5.99. The van der Waals surface area contributed by atoms with E-state index in [-0.39, 0.29) is 11.2 Å². The molecule has 0 aromatic carbocycles. The first-order chi connectivity index (χ1) is 9.43. The van der Waals surface area contributed by atoms with Crippen LogP contribution in [0, 0.1) is 40.4 Å². The molecule has 21 heavy (non-hydrogen) atoms. The van der Waals surface area contributed by atoms with Gasteiger partial charge in [0.2, 0.25) is 0 Å². The van der Waals surface area contributed by atoms with Crippen LogP contribution >= 0.6 is 0 Å². The SMILES string of the molecule is C=C(O)CC(O)C1CC2CC1C(C(C)(C)C)C2C(C)(C)C. The molecule has 6 unspecified atom stereocenters. The molecule has 0 spiro atoms. The summed E-state index contributed by atoms with van der Waals surface area (Å²) in [6, 6.07) is 0. The van der Waals surface area contributed by atoms with Crippen LogP contribution in [0.5, 0.6) is 0 Å². The number of hydrogen-bond acceptors (Lipinski definition) is 2. The Morgan fingerprint density at radius 2 is 1.57 bits per heavy atom. The molecular formula is C19H34O2. The lowest BCUT2D eigenvalue weighted by Gasteiger charge is -2.49. The second kappa shape index (κ2) is 5.30. The van der Waals surface area contributed by atoms with Crippen LogP contribution in [-0.2, 0) is 0 Å². The van der Waals surface area contributed by atoms with Crippen molar-refractivity contribution in [2.45, 2.75) is 66.9 Å². The molecule has 0 aromatic rings. The average molecular weight is 294 g/mol.